The molecule has 1 heterocycles. The summed E-state index contributed by atoms with van der Waals surface area (Å²) in [5.41, 5.74) is -0.899. The molecule has 134 valence electrons. The van der Waals surface area contributed by atoms with Crippen molar-refractivity contribution < 1.29 is 14.3 Å². The SMILES string of the molecule is C[C@@](C#N)(NC(=O)COC(=O)/C=C/c1sc2ccccc2c1Cl)C1CC1. The second kappa shape index (κ2) is 7.48. The summed E-state index contributed by atoms with van der Waals surface area (Å²) >= 11 is 7.77. The molecule has 0 spiro atoms. The van der Waals surface area contributed by atoms with Gasteiger partial charge in [0.05, 0.1) is 11.1 Å². The molecule has 1 aliphatic rings. The van der Waals surface area contributed by atoms with Crippen molar-refractivity contribution in [2.75, 3.05) is 6.61 Å². The van der Waals surface area contributed by atoms with Gasteiger partial charge in [0.1, 0.15) is 5.54 Å². The molecule has 3 rings (SSSR count). The Morgan fingerprint density at radius 1 is 1.46 bits per heavy atom. The summed E-state index contributed by atoms with van der Waals surface area (Å²) in [6.07, 6.45) is 4.66. The Bertz CT molecular complexity index is 926. The fourth-order valence-electron chi connectivity index (χ4n) is 2.68. The number of carbonyl (C=O) groups excluding carboxylic acids is 2. The van der Waals surface area contributed by atoms with Crippen LogP contribution in [0, 0.1) is 17.2 Å². The molecule has 1 aromatic heterocycles. The molecular formula is C19H17ClN2O3S. The number of amides is 1. The predicted molar refractivity (Wildman–Crippen MR) is 102 cm³/mol. The van der Waals surface area contributed by atoms with Crippen molar-refractivity contribution in [3.05, 3.63) is 40.2 Å². The lowest BCUT2D eigenvalue weighted by atomic mass is 9.98. The molecule has 1 aliphatic carbocycles. The number of nitrogens with one attached hydrogen (secondary N) is 1. The zero-order chi connectivity index (χ0) is 18.7. The lowest BCUT2D eigenvalue weighted by Gasteiger charge is -2.22. The number of halogens is 1. The Morgan fingerprint density at radius 3 is 2.85 bits per heavy atom. The van der Waals surface area contributed by atoms with Gasteiger partial charge in [-0.1, -0.05) is 29.8 Å². The van der Waals surface area contributed by atoms with Gasteiger partial charge in [-0.3, -0.25) is 4.79 Å². The predicted octanol–water partition coefficient (Wildman–Crippen LogP) is 3.92. The van der Waals surface area contributed by atoms with Gasteiger partial charge in [-0.15, -0.1) is 11.3 Å². The van der Waals surface area contributed by atoms with Crippen molar-refractivity contribution >= 4 is 51.0 Å². The molecule has 0 bridgehead atoms. The number of hydrogen-bond acceptors (Lipinski definition) is 5. The molecular weight excluding hydrogens is 372 g/mol. The van der Waals surface area contributed by atoms with E-state index in [4.69, 9.17) is 16.3 Å². The molecule has 7 heteroatoms. The van der Waals surface area contributed by atoms with E-state index in [-0.39, 0.29) is 5.92 Å². The van der Waals surface area contributed by atoms with E-state index in [1.165, 1.54) is 17.4 Å². The highest BCUT2D eigenvalue weighted by Crippen LogP contribution is 2.39. The number of benzene rings is 1. The normalized spacial score (nSPS) is 16.2. The van der Waals surface area contributed by atoms with Crippen LogP contribution in [0.3, 0.4) is 0 Å². The topological polar surface area (TPSA) is 79.2 Å². The number of nitrogens with zero attached hydrogens (tertiary/aromatic N) is 1. The smallest absolute Gasteiger partial charge is 0.331 e. The zero-order valence-electron chi connectivity index (χ0n) is 14.1. The fraction of sp³-hybridized carbons (Fsp3) is 0.316. The molecule has 1 atom stereocenters. The minimum atomic E-state index is -0.899. The van der Waals surface area contributed by atoms with Crippen molar-refractivity contribution in [1.29, 1.82) is 5.26 Å². The van der Waals surface area contributed by atoms with E-state index in [1.54, 1.807) is 13.0 Å². The lowest BCUT2D eigenvalue weighted by Crippen LogP contribution is -2.48. The first kappa shape index (κ1) is 18.4. The third-order valence-corrected chi connectivity index (χ3v) is 5.96. The highest BCUT2D eigenvalue weighted by Gasteiger charge is 2.43. The summed E-state index contributed by atoms with van der Waals surface area (Å²) in [5, 5.41) is 13.4. The van der Waals surface area contributed by atoms with Crippen molar-refractivity contribution in [2.24, 2.45) is 5.92 Å². The van der Waals surface area contributed by atoms with Crippen LogP contribution in [0.5, 0.6) is 0 Å². The van der Waals surface area contributed by atoms with Crippen LogP contribution < -0.4 is 5.32 Å². The summed E-state index contributed by atoms with van der Waals surface area (Å²) in [7, 11) is 0. The summed E-state index contributed by atoms with van der Waals surface area (Å²) in [5.74, 6) is -0.955. The number of thiophene rings is 1. The first-order valence-corrected chi connectivity index (χ1v) is 9.36. The molecule has 0 aliphatic heterocycles. The van der Waals surface area contributed by atoms with Crippen LogP contribution in [0.25, 0.3) is 16.2 Å². The highest BCUT2D eigenvalue weighted by atomic mass is 35.5. The Labute approximate surface area is 160 Å². The Hall–Kier alpha value is -2.36. The van der Waals surface area contributed by atoms with Crippen LogP contribution in [-0.2, 0) is 14.3 Å². The first-order chi connectivity index (χ1) is 12.4. The average Bonchev–Trinajstić information content (AvgIpc) is 3.44. The van der Waals surface area contributed by atoms with Gasteiger partial charge in [0.25, 0.3) is 5.91 Å². The van der Waals surface area contributed by atoms with Crippen LogP contribution >= 0.6 is 22.9 Å². The average molecular weight is 389 g/mol. The third kappa shape index (κ3) is 4.06. The minimum absolute atomic E-state index is 0.169. The maximum atomic E-state index is 11.9. The van der Waals surface area contributed by atoms with Crippen molar-refractivity contribution in [2.45, 2.75) is 25.3 Å². The molecule has 0 saturated heterocycles. The van der Waals surface area contributed by atoms with Crippen LogP contribution in [0.2, 0.25) is 5.02 Å². The molecule has 1 amide bonds. The van der Waals surface area contributed by atoms with Gasteiger partial charge in [0, 0.05) is 21.0 Å². The van der Waals surface area contributed by atoms with Gasteiger partial charge < -0.3 is 10.1 Å². The van der Waals surface area contributed by atoms with E-state index in [2.05, 4.69) is 11.4 Å². The second-order valence-electron chi connectivity index (χ2n) is 6.35. The Balaban J connectivity index is 1.55. The maximum absolute atomic E-state index is 11.9. The van der Waals surface area contributed by atoms with Crippen LogP contribution in [0.1, 0.15) is 24.6 Å². The molecule has 1 N–H and O–H groups in total. The van der Waals surface area contributed by atoms with Crippen molar-refractivity contribution in [3.63, 3.8) is 0 Å². The summed E-state index contributed by atoms with van der Waals surface area (Å²) in [6.45, 7) is 1.26. The van der Waals surface area contributed by atoms with E-state index in [9.17, 15) is 14.9 Å². The van der Waals surface area contributed by atoms with Crippen LogP contribution in [0.4, 0.5) is 0 Å². The number of nitriles is 1. The van der Waals surface area contributed by atoms with Gasteiger partial charge in [-0.25, -0.2) is 4.79 Å². The largest absolute Gasteiger partial charge is 0.452 e. The Kier molecular flexibility index (Phi) is 5.30. The van der Waals surface area contributed by atoms with Gasteiger partial charge in [-0.05, 0) is 37.8 Å². The van der Waals surface area contributed by atoms with Crippen LogP contribution in [0.15, 0.2) is 30.3 Å². The molecule has 5 nitrogen and oxygen atoms in total. The quantitative estimate of drug-likeness (QED) is 0.600. The van der Waals surface area contributed by atoms with E-state index < -0.39 is 24.0 Å². The number of fused-ring (bicyclic) bond motifs is 1. The third-order valence-electron chi connectivity index (χ3n) is 4.30. The number of rotatable bonds is 6. The van der Waals surface area contributed by atoms with E-state index in [0.29, 0.717) is 5.02 Å². The van der Waals surface area contributed by atoms with Crippen LogP contribution in [-0.4, -0.2) is 24.0 Å². The maximum Gasteiger partial charge on any atom is 0.331 e. The lowest BCUT2D eigenvalue weighted by molar-refractivity contribution is -0.144. The molecule has 1 aromatic carbocycles. The van der Waals surface area contributed by atoms with Gasteiger partial charge in [-0.2, -0.15) is 5.26 Å². The summed E-state index contributed by atoms with van der Waals surface area (Å²) in [4.78, 5) is 24.5. The van der Waals surface area contributed by atoms with Gasteiger partial charge in [0.2, 0.25) is 0 Å². The number of carbonyl (C=O) groups is 2. The van der Waals surface area contributed by atoms with E-state index in [0.717, 1.165) is 27.8 Å². The van der Waals surface area contributed by atoms with Gasteiger partial charge in [0.15, 0.2) is 6.61 Å². The fourth-order valence-corrected chi connectivity index (χ4v) is 4.08. The zero-order valence-corrected chi connectivity index (χ0v) is 15.7. The summed E-state index contributed by atoms with van der Waals surface area (Å²) in [6, 6.07) is 9.82. The molecule has 1 saturated carbocycles. The Morgan fingerprint density at radius 2 is 2.19 bits per heavy atom. The summed E-state index contributed by atoms with van der Waals surface area (Å²) < 4.78 is 5.97. The second-order valence-corrected chi connectivity index (χ2v) is 7.82. The monoisotopic (exact) mass is 388 g/mol. The standard InChI is InChI=1S/C19H17ClN2O3S/c1-19(11-21,12-6-7-12)22-16(23)10-25-17(24)9-8-15-18(20)13-4-2-3-5-14(13)26-15/h2-5,8-9,12H,6-7,10H2,1H3,(H,22,23)/b9-8+/t19-/m0/s1. The van der Waals surface area contributed by atoms with Crippen molar-refractivity contribution in [1.82, 2.24) is 5.32 Å². The van der Waals surface area contributed by atoms with E-state index >= 15 is 0 Å². The number of hydrogen-bond donors (Lipinski definition) is 1. The number of ether oxygens (including phenoxy) is 1. The molecule has 26 heavy (non-hydrogen) atoms. The minimum Gasteiger partial charge on any atom is -0.452 e. The molecule has 1 fully saturated rings. The number of esters is 1. The molecule has 0 radical (unpaired) electrons. The van der Waals surface area contributed by atoms with Gasteiger partial charge >= 0.3 is 5.97 Å². The first-order valence-electron chi connectivity index (χ1n) is 8.17. The highest BCUT2D eigenvalue weighted by molar-refractivity contribution is 7.20. The van der Waals surface area contributed by atoms with Crippen molar-refractivity contribution in [3.8, 4) is 6.07 Å². The molecule has 2 aromatic rings. The van der Waals surface area contributed by atoms with E-state index in [1.807, 2.05) is 24.3 Å². The molecule has 0 unspecified atom stereocenters.